The van der Waals surface area contributed by atoms with Gasteiger partial charge in [-0.05, 0) is 12.1 Å². The predicted octanol–water partition coefficient (Wildman–Crippen LogP) is 2.48. The van der Waals surface area contributed by atoms with Crippen molar-refractivity contribution in [2.75, 3.05) is 6.61 Å². The Morgan fingerprint density at radius 3 is 2.75 bits per heavy atom. The SMILES string of the molecule is CC(C)(CO)c1nc(-c2ccccn2)cs1. The zero-order chi connectivity index (χ0) is 11.6. The molecule has 0 aliphatic heterocycles. The van der Waals surface area contributed by atoms with Crippen LogP contribution in [0.5, 0.6) is 0 Å². The molecule has 0 aliphatic rings. The van der Waals surface area contributed by atoms with E-state index in [9.17, 15) is 5.11 Å². The molecule has 2 heterocycles. The number of aliphatic hydroxyl groups excluding tert-OH is 1. The van der Waals surface area contributed by atoms with E-state index >= 15 is 0 Å². The molecule has 16 heavy (non-hydrogen) atoms. The lowest BCUT2D eigenvalue weighted by molar-refractivity contribution is 0.218. The standard InChI is InChI=1S/C12H14N2OS/c1-12(2,8-15)11-14-10(7-16-11)9-5-3-4-6-13-9/h3-7,15H,8H2,1-2H3. The molecule has 0 radical (unpaired) electrons. The van der Waals surface area contributed by atoms with Gasteiger partial charge in [0.1, 0.15) is 5.01 Å². The van der Waals surface area contributed by atoms with Crippen LogP contribution in [0, 0.1) is 0 Å². The lowest BCUT2D eigenvalue weighted by Gasteiger charge is -2.17. The van der Waals surface area contributed by atoms with Gasteiger partial charge in [0.2, 0.25) is 0 Å². The van der Waals surface area contributed by atoms with Gasteiger partial charge >= 0.3 is 0 Å². The molecule has 0 saturated heterocycles. The van der Waals surface area contributed by atoms with E-state index < -0.39 is 0 Å². The fourth-order valence-corrected chi connectivity index (χ4v) is 2.22. The lowest BCUT2D eigenvalue weighted by atomic mass is 9.96. The largest absolute Gasteiger partial charge is 0.395 e. The minimum Gasteiger partial charge on any atom is -0.395 e. The quantitative estimate of drug-likeness (QED) is 0.887. The van der Waals surface area contributed by atoms with Crippen LogP contribution in [-0.2, 0) is 5.41 Å². The van der Waals surface area contributed by atoms with Crippen LogP contribution in [0.2, 0.25) is 0 Å². The highest BCUT2D eigenvalue weighted by molar-refractivity contribution is 7.10. The molecule has 0 atom stereocenters. The third kappa shape index (κ3) is 2.13. The number of pyridine rings is 1. The first-order valence-corrected chi connectivity index (χ1v) is 6.00. The van der Waals surface area contributed by atoms with E-state index in [0.29, 0.717) is 0 Å². The highest BCUT2D eigenvalue weighted by Crippen LogP contribution is 2.29. The van der Waals surface area contributed by atoms with E-state index in [2.05, 4.69) is 9.97 Å². The van der Waals surface area contributed by atoms with Crippen molar-refractivity contribution in [2.45, 2.75) is 19.3 Å². The van der Waals surface area contributed by atoms with Crippen molar-refractivity contribution in [3.05, 3.63) is 34.8 Å². The van der Waals surface area contributed by atoms with Crippen LogP contribution in [0.3, 0.4) is 0 Å². The molecule has 0 aliphatic carbocycles. The van der Waals surface area contributed by atoms with E-state index in [1.165, 1.54) is 0 Å². The molecule has 3 nitrogen and oxygen atoms in total. The number of nitrogens with zero attached hydrogens (tertiary/aromatic N) is 2. The second-order valence-corrected chi connectivity index (χ2v) is 5.15. The van der Waals surface area contributed by atoms with Gasteiger partial charge in [0, 0.05) is 17.0 Å². The molecule has 2 rings (SSSR count). The Balaban J connectivity index is 2.34. The number of hydrogen-bond acceptors (Lipinski definition) is 4. The molecule has 0 spiro atoms. The van der Waals surface area contributed by atoms with Crippen LogP contribution in [0.4, 0.5) is 0 Å². The molecule has 1 N–H and O–H groups in total. The average Bonchev–Trinajstić information content (AvgIpc) is 2.80. The Kier molecular flexibility index (Phi) is 3.03. The third-order valence-corrected chi connectivity index (χ3v) is 3.61. The van der Waals surface area contributed by atoms with Crippen LogP contribution in [-0.4, -0.2) is 21.7 Å². The van der Waals surface area contributed by atoms with Gasteiger partial charge in [-0.2, -0.15) is 0 Å². The number of rotatable bonds is 3. The van der Waals surface area contributed by atoms with Crippen LogP contribution in [0.25, 0.3) is 11.4 Å². The molecular formula is C12H14N2OS. The van der Waals surface area contributed by atoms with Crippen molar-refractivity contribution in [1.82, 2.24) is 9.97 Å². The molecular weight excluding hydrogens is 220 g/mol. The van der Waals surface area contributed by atoms with Crippen LogP contribution < -0.4 is 0 Å². The zero-order valence-corrected chi connectivity index (χ0v) is 10.2. The Morgan fingerprint density at radius 1 is 1.31 bits per heavy atom. The Morgan fingerprint density at radius 2 is 2.12 bits per heavy atom. The molecule has 0 amide bonds. The first-order valence-electron chi connectivity index (χ1n) is 5.12. The van der Waals surface area contributed by atoms with Gasteiger partial charge in [-0.15, -0.1) is 11.3 Å². The molecule has 2 aromatic heterocycles. The summed E-state index contributed by atoms with van der Waals surface area (Å²) in [5, 5.41) is 12.2. The van der Waals surface area contributed by atoms with Crippen molar-refractivity contribution in [3.63, 3.8) is 0 Å². The topological polar surface area (TPSA) is 46.0 Å². The molecule has 84 valence electrons. The van der Waals surface area contributed by atoms with E-state index in [-0.39, 0.29) is 12.0 Å². The summed E-state index contributed by atoms with van der Waals surface area (Å²) < 4.78 is 0. The van der Waals surface area contributed by atoms with Gasteiger partial charge in [-0.3, -0.25) is 4.98 Å². The number of aromatic nitrogens is 2. The van der Waals surface area contributed by atoms with Crippen LogP contribution in [0.1, 0.15) is 18.9 Å². The van der Waals surface area contributed by atoms with Crippen LogP contribution in [0.15, 0.2) is 29.8 Å². The number of hydrogen-bond donors (Lipinski definition) is 1. The summed E-state index contributed by atoms with van der Waals surface area (Å²) in [4.78, 5) is 8.77. The van der Waals surface area contributed by atoms with Gasteiger partial charge in [-0.1, -0.05) is 19.9 Å². The second kappa shape index (κ2) is 4.31. The van der Waals surface area contributed by atoms with Gasteiger partial charge in [0.05, 0.1) is 18.0 Å². The van der Waals surface area contributed by atoms with Gasteiger partial charge in [0.15, 0.2) is 0 Å². The van der Waals surface area contributed by atoms with E-state index in [1.807, 2.05) is 37.4 Å². The molecule has 0 unspecified atom stereocenters. The minimum atomic E-state index is -0.280. The first-order chi connectivity index (χ1) is 7.63. The minimum absolute atomic E-state index is 0.0994. The van der Waals surface area contributed by atoms with E-state index in [4.69, 9.17) is 0 Å². The van der Waals surface area contributed by atoms with E-state index in [1.54, 1.807) is 17.5 Å². The van der Waals surface area contributed by atoms with Crippen molar-refractivity contribution in [3.8, 4) is 11.4 Å². The fraction of sp³-hybridized carbons (Fsp3) is 0.333. The van der Waals surface area contributed by atoms with Crippen LogP contribution >= 0.6 is 11.3 Å². The molecule has 2 aromatic rings. The van der Waals surface area contributed by atoms with E-state index in [0.717, 1.165) is 16.4 Å². The summed E-state index contributed by atoms with van der Waals surface area (Å²) in [6.45, 7) is 4.06. The number of aliphatic hydroxyl groups is 1. The maximum Gasteiger partial charge on any atom is 0.101 e. The lowest BCUT2D eigenvalue weighted by Crippen LogP contribution is -2.21. The first kappa shape index (κ1) is 11.2. The van der Waals surface area contributed by atoms with Crippen molar-refractivity contribution < 1.29 is 5.11 Å². The molecule has 0 aromatic carbocycles. The maximum absolute atomic E-state index is 9.28. The highest BCUT2D eigenvalue weighted by atomic mass is 32.1. The Hall–Kier alpha value is -1.26. The average molecular weight is 234 g/mol. The fourth-order valence-electron chi connectivity index (χ4n) is 1.28. The van der Waals surface area contributed by atoms with Crippen molar-refractivity contribution >= 4 is 11.3 Å². The van der Waals surface area contributed by atoms with Crippen molar-refractivity contribution in [1.29, 1.82) is 0 Å². The second-order valence-electron chi connectivity index (χ2n) is 4.29. The zero-order valence-electron chi connectivity index (χ0n) is 9.34. The Labute approximate surface area is 98.8 Å². The monoisotopic (exact) mass is 234 g/mol. The molecule has 0 fully saturated rings. The normalized spacial score (nSPS) is 11.7. The summed E-state index contributed by atoms with van der Waals surface area (Å²) >= 11 is 1.56. The summed E-state index contributed by atoms with van der Waals surface area (Å²) in [6.07, 6.45) is 1.76. The summed E-state index contributed by atoms with van der Waals surface area (Å²) in [5.74, 6) is 0. The maximum atomic E-state index is 9.28. The molecule has 0 saturated carbocycles. The number of thiazole rings is 1. The smallest absolute Gasteiger partial charge is 0.101 e. The summed E-state index contributed by atoms with van der Waals surface area (Å²) in [7, 11) is 0. The van der Waals surface area contributed by atoms with Gasteiger partial charge < -0.3 is 5.11 Å². The molecule has 0 bridgehead atoms. The highest BCUT2D eigenvalue weighted by Gasteiger charge is 2.23. The van der Waals surface area contributed by atoms with Crippen molar-refractivity contribution in [2.24, 2.45) is 0 Å². The summed E-state index contributed by atoms with van der Waals surface area (Å²) in [5.41, 5.74) is 1.47. The Bertz CT molecular complexity index is 465. The van der Waals surface area contributed by atoms with Gasteiger partial charge in [0.25, 0.3) is 0 Å². The third-order valence-electron chi connectivity index (χ3n) is 2.41. The van der Waals surface area contributed by atoms with Gasteiger partial charge in [-0.25, -0.2) is 4.98 Å². The molecule has 4 heteroatoms. The predicted molar refractivity (Wildman–Crippen MR) is 65.5 cm³/mol. The summed E-state index contributed by atoms with van der Waals surface area (Å²) in [6, 6.07) is 5.76.